The molecule has 0 unspecified atom stereocenters. The Labute approximate surface area is 158 Å². The van der Waals surface area contributed by atoms with Crippen LogP contribution in [0.1, 0.15) is 24.1 Å². The lowest BCUT2D eigenvalue weighted by atomic mass is 10.2. The van der Waals surface area contributed by atoms with Gasteiger partial charge in [0.1, 0.15) is 12.0 Å². The zero-order valence-corrected chi connectivity index (χ0v) is 15.2. The third-order valence-electron chi connectivity index (χ3n) is 3.75. The first-order valence-corrected chi connectivity index (χ1v) is 9.09. The van der Waals surface area contributed by atoms with Crippen LogP contribution in [-0.4, -0.2) is 30.2 Å². The highest BCUT2D eigenvalue weighted by Crippen LogP contribution is 2.28. The van der Waals surface area contributed by atoms with Crippen molar-refractivity contribution in [2.75, 3.05) is 5.43 Å². The fourth-order valence-electron chi connectivity index (χ4n) is 2.32. The fourth-order valence-corrected chi connectivity index (χ4v) is 3.14. The third-order valence-corrected chi connectivity index (χ3v) is 4.70. The topological polar surface area (TPSA) is 134 Å². The molecule has 27 heavy (non-hydrogen) atoms. The van der Waals surface area contributed by atoms with Gasteiger partial charge in [-0.05, 0) is 6.07 Å². The summed E-state index contributed by atoms with van der Waals surface area (Å²) in [5, 5.41) is 37.5. The monoisotopic (exact) mass is 390 g/mol. The molecule has 2 aromatic heterocycles. The number of phenols is 2. The Balaban J connectivity index is 1.75. The zero-order valence-electron chi connectivity index (χ0n) is 14.4. The Kier molecular flexibility index (Phi) is 5.55. The molecule has 0 bridgehead atoms. The Bertz CT molecular complexity index is 1000. The molecule has 0 aliphatic carbocycles. The van der Waals surface area contributed by atoms with Gasteiger partial charge in [-0.1, -0.05) is 30.8 Å². The van der Waals surface area contributed by atoms with Gasteiger partial charge >= 0.3 is 0 Å². The number of hydrogen-bond acceptors (Lipinski definition) is 9. The van der Waals surface area contributed by atoms with Crippen molar-refractivity contribution in [2.45, 2.75) is 30.8 Å². The van der Waals surface area contributed by atoms with E-state index in [0.29, 0.717) is 34.5 Å². The van der Waals surface area contributed by atoms with Crippen molar-refractivity contribution in [3.63, 3.8) is 0 Å². The summed E-state index contributed by atoms with van der Waals surface area (Å²) in [6.07, 6.45) is 1.63. The first-order valence-electron chi connectivity index (χ1n) is 8.11. The number of aromatic hydroxyl groups is 3. The van der Waals surface area contributed by atoms with Crippen LogP contribution in [0.15, 0.2) is 44.9 Å². The second-order valence-corrected chi connectivity index (χ2v) is 6.53. The zero-order chi connectivity index (χ0) is 19.4. The molecule has 0 spiro atoms. The van der Waals surface area contributed by atoms with E-state index in [1.54, 1.807) is 16.8 Å². The van der Waals surface area contributed by atoms with E-state index in [2.05, 4.69) is 15.6 Å². The molecule has 3 rings (SSSR count). The summed E-state index contributed by atoms with van der Waals surface area (Å²) in [6.45, 7) is 2.18. The van der Waals surface area contributed by atoms with Gasteiger partial charge in [-0.3, -0.25) is 4.79 Å². The van der Waals surface area contributed by atoms with Crippen LogP contribution in [-0.2, 0) is 18.7 Å². The van der Waals surface area contributed by atoms with Gasteiger partial charge in [-0.2, -0.15) is 0 Å². The van der Waals surface area contributed by atoms with Crippen LogP contribution in [0.5, 0.6) is 17.2 Å². The predicted octanol–water partition coefficient (Wildman–Crippen LogP) is 1.95. The van der Waals surface area contributed by atoms with Crippen LogP contribution < -0.4 is 10.9 Å². The molecule has 0 saturated carbocycles. The quantitative estimate of drug-likeness (QED) is 0.353. The molecule has 0 aliphatic heterocycles. The van der Waals surface area contributed by atoms with Gasteiger partial charge in [0.05, 0.1) is 12.3 Å². The smallest absolute Gasteiger partial charge is 0.226 e. The summed E-state index contributed by atoms with van der Waals surface area (Å²) >= 11 is 1.29. The van der Waals surface area contributed by atoms with E-state index < -0.39 is 11.2 Å². The number of nitrogens with one attached hydrogen (secondary N) is 1. The van der Waals surface area contributed by atoms with Gasteiger partial charge in [0, 0.05) is 18.1 Å². The molecule has 0 saturated heterocycles. The Hall–Kier alpha value is -3.14. The maximum atomic E-state index is 11.5. The van der Waals surface area contributed by atoms with Crippen LogP contribution >= 0.6 is 11.8 Å². The molecule has 3 aromatic rings. The van der Waals surface area contributed by atoms with E-state index in [1.807, 2.05) is 6.92 Å². The molecule has 9 nitrogen and oxygen atoms in total. The number of aryl methyl sites for hydroxylation is 1. The molecule has 10 heteroatoms. The maximum absolute atomic E-state index is 11.5. The molecule has 2 heterocycles. The first-order chi connectivity index (χ1) is 13.0. The summed E-state index contributed by atoms with van der Waals surface area (Å²) in [5.74, 6) is 0.580. The molecule has 0 atom stereocenters. The van der Waals surface area contributed by atoms with Gasteiger partial charge in [-0.15, -0.1) is 10.2 Å². The van der Waals surface area contributed by atoms with E-state index in [4.69, 9.17) is 4.42 Å². The summed E-state index contributed by atoms with van der Waals surface area (Å²) < 4.78 is 6.87. The highest BCUT2D eigenvalue weighted by Gasteiger charge is 2.14. The Morgan fingerprint density at radius 3 is 2.78 bits per heavy atom. The van der Waals surface area contributed by atoms with E-state index >= 15 is 0 Å². The van der Waals surface area contributed by atoms with E-state index in [1.165, 1.54) is 23.9 Å². The Morgan fingerprint density at radius 2 is 2.04 bits per heavy atom. The van der Waals surface area contributed by atoms with Gasteiger partial charge in [0.15, 0.2) is 23.1 Å². The number of thioether (sulfide) groups is 1. The standard InChI is InChI=1S/C17H18N4O5S/c1-2-15-19-20-17(27-9-11-6-13(23)14(24)8-26-11)21(15)18-7-10-4-3-5-12(22)16(10)25/h3-6,8,18,22,24-25H,2,7,9H2,1H3. The van der Waals surface area contributed by atoms with Crippen molar-refractivity contribution in [1.82, 2.24) is 14.9 Å². The lowest BCUT2D eigenvalue weighted by Crippen LogP contribution is -2.18. The van der Waals surface area contributed by atoms with Crippen molar-refractivity contribution in [3.8, 4) is 17.2 Å². The molecule has 142 valence electrons. The van der Waals surface area contributed by atoms with Gasteiger partial charge < -0.3 is 25.2 Å². The highest BCUT2D eigenvalue weighted by molar-refractivity contribution is 7.98. The molecule has 1 aromatic carbocycles. The van der Waals surface area contributed by atoms with Crippen molar-refractivity contribution in [2.24, 2.45) is 0 Å². The summed E-state index contributed by atoms with van der Waals surface area (Å²) in [7, 11) is 0. The predicted molar refractivity (Wildman–Crippen MR) is 98.4 cm³/mol. The minimum absolute atomic E-state index is 0.184. The van der Waals surface area contributed by atoms with Crippen LogP contribution in [0.25, 0.3) is 0 Å². The van der Waals surface area contributed by atoms with Crippen molar-refractivity contribution in [1.29, 1.82) is 0 Å². The van der Waals surface area contributed by atoms with E-state index in [9.17, 15) is 20.1 Å². The number of benzene rings is 1. The SMILES string of the molecule is CCc1nnc(SCc2cc(=O)c(O)co2)n1NCc1cccc(O)c1O. The van der Waals surface area contributed by atoms with Crippen LogP contribution in [0, 0.1) is 0 Å². The number of phenolic OH excluding ortho intramolecular Hbond substituents is 2. The third kappa shape index (κ3) is 4.17. The molecule has 0 fully saturated rings. The minimum atomic E-state index is -0.509. The molecular formula is C17H18N4O5S. The normalized spacial score (nSPS) is 10.9. The molecule has 0 amide bonds. The highest BCUT2D eigenvalue weighted by atomic mass is 32.2. The van der Waals surface area contributed by atoms with Crippen molar-refractivity contribution in [3.05, 3.63) is 57.9 Å². The molecule has 0 radical (unpaired) electrons. The van der Waals surface area contributed by atoms with Crippen molar-refractivity contribution >= 4 is 11.8 Å². The number of para-hydroxylation sites is 1. The fraction of sp³-hybridized carbons (Fsp3) is 0.235. The maximum Gasteiger partial charge on any atom is 0.226 e. The first kappa shape index (κ1) is 18.6. The number of hydrogen-bond donors (Lipinski definition) is 4. The molecule has 0 aliphatic rings. The van der Waals surface area contributed by atoms with Gasteiger partial charge in [0.25, 0.3) is 0 Å². The van der Waals surface area contributed by atoms with E-state index in [-0.39, 0.29) is 18.0 Å². The number of rotatable bonds is 7. The average Bonchev–Trinajstić information content (AvgIpc) is 3.06. The summed E-state index contributed by atoms with van der Waals surface area (Å²) in [5.41, 5.74) is 3.13. The average molecular weight is 390 g/mol. The number of nitrogens with zero attached hydrogens (tertiary/aromatic N) is 3. The largest absolute Gasteiger partial charge is 0.504 e. The summed E-state index contributed by atoms with van der Waals surface area (Å²) in [6, 6.07) is 5.96. The lowest BCUT2D eigenvalue weighted by Gasteiger charge is -2.13. The van der Waals surface area contributed by atoms with Crippen LogP contribution in [0.3, 0.4) is 0 Å². The van der Waals surface area contributed by atoms with Gasteiger partial charge in [-0.25, -0.2) is 4.68 Å². The second-order valence-electron chi connectivity index (χ2n) is 5.59. The number of aromatic nitrogens is 3. The minimum Gasteiger partial charge on any atom is -0.504 e. The van der Waals surface area contributed by atoms with Crippen molar-refractivity contribution < 1.29 is 19.7 Å². The lowest BCUT2D eigenvalue weighted by molar-refractivity contribution is 0.399. The van der Waals surface area contributed by atoms with E-state index in [0.717, 1.165) is 6.26 Å². The van der Waals surface area contributed by atoms with Gasteiger partial charge in [0.2, 0.25) is 10.6 Å². The molecule has 4 N–H and O–H groups in total. The molecular weight excluding hydrogens is 372 g/mol. The Morgan fingerprint density at radius 1 is 1.22 bits per heavy atom. The van der Waals surface area contributed by atoms with Crippen LogP contribution in [0.2, 0.25) is 0 Å². The van der Waals surface area contributed by atoms with Crippen LogP contribution in [0.4, 0.5) is 0 Å². The summed E-state index contributed by atoms with van der Waals surface area (Å²) in [4.78, 5) is 11.5. The second kappa shape index (κ2) is 8.04.